The molecule has 1 aliphatic carbocycles. The summed E-state index contributed by atoms with van der Waals surface area (Å²) in [6.45, 7) is 1.02. The third-order valence-electron chi connectivity index (χ3n) is 3.86. The molecule has 2 fully saturated rings. The number of carbonyl (C=O) groups excluding carboxylic acids is 1. The van der Waals surface area contributed by atoms with E-state index >= 15 is 0 Å². The molecule has 1 aromatic carbocycles. The molecule has 0 aromatic heterocycles. The van der Waals surface area contributed by atoms with Gasteiger partial charge in [-0.2, -0.15) is 0 Å². The Morgan fingerprint density at radius 3 is 2.94 bits per heavy atom. The summed E-state index contributed by atoms with van der Waals surface area (Å²) in [5.74, 6) is 2.18. The van der Waals surface area contributed by atoms with E-state index in [0.29, 0.717) is 12.3 Å². The molecule has 4 heteroatoms. The van der Waals surface area contributed by atoms with Gasteiger partial charge in [0.15, 0.2) is 17.3 Å². The number of hydrogen-bond acceptors (Lipinski definition) is 4. The van der Waals surface area contributed by atoms with Crippen LogP contribution in [0.3, 0.4) is 0 Å². The predicted octanol–water partition coefficient (Wildman–Crippen LogP) is 1.32. The SMILES string of the molecule is O=C(Cc1ccc2c(c1)OCO2)C12CC1CO2. The third-order valence-corrected chi connectivity index (χ3v) is 3.86. The Bertz CT molecular complexity index is 506. The van der Waals surface area contributed by atoms with E-state index in [1.807, 2.05) is 18.2 Å². The van der Waals surface area contributed by atoms with E-state index in [4.69, 9.17) is 14.2 Å². The second-order valence-corrected chi connectivity index (χ2v) is 4.89. The van der Waals surface area contributed by atoms with Crippen molar-refractivity contribution in [3.63, 3.8) is 0 Å². The van der Waals surface area contributed by atoms with E-state index in [1.165, 1.54) is 0 Å². The number of ketones is 1. The van der Waals surface area contributed by atoms with E-state index in [9.17, 15) is 4.79 Å². The van der Waals surface area contributed by atoms with Gasteiger partial charge in [0.1, 0.15) is 5.60 Å². The monoisotopic (exact) mass is 232 g/mol. The maximum absolute atomic E-state index is 12.1. The largest absolute Gasteiger partial charge is 0.454 e. The molecule has 88 valence electrons. The molecule has 0 radical (unpaired) electrons. The van der Waals surface area contributed by atoms with Gasteiger partial charge in [-0.1, -0.05) is 6.07 Å². The fraction of sp³-hybridized carbons (Fsp3) is 0.462. The molecule has 2 aliphatic heterocycles. The van der Waals surface area contributed by atoms with Crippen molar-refractivity contribution in [1.29, 1.82) is 0 Å². The second kappa shape index (κ2) is 3.01. The molecule has 0 amide bonds. The highest BCUT2D eigenvalue weighted by molar-refractivity contribution is 5.93. The van der Waals surface area contributed by atoms with E-state index in [1.54, 1.807) is 0 Å². The van der Waals surface area contributed by atoms with Crippen molar-refractivity contribution >= 4 is 5.78 Å². The summed E-state index contributed by atoms with van der Waals surface area (Å²) in [5.41, 5.74) is 0.561. The minimum absolute atomic E-state index is 0.201. The zero-order chi connectivity index (χ0) is 11.5. The van der Waals surface area contributed by atoms with Gasteiger partial charge in [0.05, 0.1) is 6.61 Å². The van der Waals surface area contributed by atoms with Crippen LogP contribution < -0.4 is 9.47 Å². The highest BCUT2D eigenvalue weighted by atomic mass is 16.7. The molecule has 0 bridgehead atoms. The van der Waals surface area contributed by atoms with Gasteiger partial charge < -0.3 is 14.2 Å². The van der Waals surface area contributed by atoms with E-state index in [0.717, 1.165) is 30.1 Å². The number of Topliss-reactive ketones (excluding diaryl/α,β-unsaturated/α-hetero) is 1. The summed E-state index contributed by atoms with van der Waals surface area (Å²) in [6.07, 6.45) is 1.34. The molecule has 3 aliphatic rings. The Balaban J connectivity index is 1.54. The van der Waals surface area contributed by atoms with Gasteiger partial charge in [0.25, 0.3) is 0 Å². The predicted molar refractivity (Wildman–Crippen MR) is 58.1 cm³/mol. The first-order chi connectivity index (χ1) is 8.28. The normalized spacial score (nSPS) is 31.6. The number of ether oxygens (including phenoxy) is 3. The fourth-order valence-corrected chi connectivity index (χ4v) is 2.64. The number of hydrogen-bond donors (Lipinski definition) is 0. The zero-order valence-corrected chi connectivity index (χ0v) is 9.27. The molecule has 1 saturated heterocycles. The van der Waals surface area contributed by atoms with Crippen LogP contribution in [0, 0.1) is 5.92 Å². The molecule has 4 nitrogen and oxygen atoms in total. The first-order valence-corrected chi connectivity index (χ1v) is 5.84. The smallest absolute Gasteiger partial charge is 0.231 e. The van der Waals surface area contributed by atoms with Crippen LogP contribution in [0.25, 0.3) is 0 Å². The van der Waals surface area contributed by atoms with Gasteiger partial charge in [-0.15, -0.1) is 0 Å². The Morgan fingerprint density at radius 2 is 2.24 bits per heavy atom. The quantitative estimate of drug-likeness (QED) is 0.788. The lowest BCUT2D eigenvalue weighted by molar-refractivity contribution is -0.145. The van der Waals surface area contributed by atoms with Crippen LogP contribution in [-0.2, 0) is 16.0 Å². The zero-order valence-electron chi connectivity index (χ0n) is 9.27. The van der Waals surface area contributed by atoms with Gasteiger partial charge in [-0.05, 0) is 24.1 Å². The summed E-state index contributed by atoms with van der Waals surface area (Å²) in [5, 5.41) is 0. The Hall–Kier alpha value is -1.55. The first-order valence-electron chi connectivity index (χ1n) is 5.84. The number of rotatable bonds is 3. The molecule has 0 N–H and O–H groups in total. The minimum Gasteiger partial charge on any atom is -0.454 e. The van der Waals surface area contributed by atoms with E-state index in [-0.39, 0.29) is 12.6 Å². The summed E-state index contributed by atoms with van der Waals surface area (Å²) < 4.78 is 15.9. The molecular formula is C13H12O4. The van der Waals surface area contributed by atoms with Crippen LogP contribution in [0.2, 0.25) is 0 Å². The number of benzene rings is 1. The van der Waals surface area contributed by atoms with Crippen molar-refractivity contribution in [2.75, 3.05) is 13.4 Å². The van der Waals surface area contributed by atoms with Crippen LogP contribution in [0.4, 0.5) is 0 Å². The molecular weight excluding hydrogens is 220 g/mol. The van der Waals surface area contributed by atoms with Gasteiger partial charge in [-0.25, -0.2) is 0 Å². The molecule has 2 heterocycles. The summed E-state index contributed by atoms with van der Waals surface area (Å²) in [6, 6.07) is 5.65. The first kappa shape index (κ1) is 9.48. The molecule has 1 saturated carbocycles. The maximum Gasteiger partial charge on any atom is 0.231 e. The van der Waals surface area contributed by atoms with Crippen molar-refractivity contribution in [2.24, 2.45) is 5.92 Å². The topological polar surface area (TPSA) is 44.8 Å². The summed E-state index contributed by atoms with van der Waals surface area (Å²) in [4.78, 5) is 12.1. The lowest BCUT2D eigenvalue weighted by Crippen LogP contribution is -2.39. The molecule has 1 aromatic rings. The number of carbonyl (C=O) groups is 1. The second-order valence-electron chi connectivity index (χ2n) is 4.89. The van der Waals surface area contributed by atoms with Crippen molar-refractivity contribution in [3.05, 3.63) is 23.8 Å². The molecule has 2 unspecified atom stereocenters. The van der Waals surface area contributed by atoms with Crippen molar-refractivity contribution < 1.29 is 19.0 Å². The fourth-order valence-electron chi connectivity index (χ4n) is 2.64. The average Bonchev–Trinajstić information content (AvgIpc) is 2.70. The van der Waals surface area contributed by atoms with E-state index in [2.05, 4.69) is 0 Å². The van der Waals surface area contributed by atoms with Crippen molar-refractivity contribution in [3.8, 4) is 11.5 Å². The van der Waals surface area contributed by atoms with E-state index < -0.39 is 5.60 Å². The summed E-state index contributed by atoms with van der Waals surface area (Å²) in [7, 11) is 0. The van der Waals surface area contributed by atoms with Crippen molar-refractivity contribution in [1.82, 2.24) is 0 Å². The summed E-state index contributed by atoms with van der Waals surface area (Å²) >= 11 is 0. The van der Waals surface area contributed by atoms with Crippen LogP contribution in [-0.4, -0.2) is 24.8 Å². The Labute approximate surface area is 98.5 Å². The number of fused-ring (bicyclic) bond motifs is 2. The standard InChI is InChI=1S/C13H12O4/c14-12(13-5-9(13)6-17-13)4-8-1-2-10-11(3-8)16-7-15-10/h1-3,9H,4-7H2. The third kappa shape index (κ3) is 1.24. The highest BCUT2D eigenvalue weighted by Gasteiger charge is 2.67. The van der Waals surface area contributed by atoms with Gasteiger partial charge >= 0.3 is 0 Å². The average molecular weight is 232 g/mol. The van der Waals surface area contributed by atoms with Crippen LogP contribution in [0.5, 0.6) is 11.5 Å². The molecule has 2 atom stereocenters. The van der Waals surface area contributed by atoms with Crippen molar-refractivity contribution in [2.45, 2.75) is 18.4 Å². The minimum atomic E-state index is -0.406. The molecule has 4 rings (SSSR count). The molecule has 0 spiro atoms. The van der Waals surface area contributed by atoms with Gasteiger partial charge in [0, 0.05) is 12.3 Å². The Morgan fingerprint density at radius 1 is 1.35 bits per heavy atom. The lowest BCUT2D eigenvalue weighted by Gasteiger charge is -2.24. The van der Waals surface area contributed by atoms with Crippen LogP contribution >= 0.6 is 0 Å². The molecule has 17 heavy (non-hydrogen) atoms. The Kier molecular flexibility index (Phi) is 1.68. The lowest BCUT2D eigenvalue weighted by atomic mass is 10.00. The van der Waals surface area contributed by atoms with Crippen LogP contribution in [0.1, 0.15) is 12.0 Å². The highest BCUT2D eigenvalue weighted by Crippen LogP contribution is 2.56. The van der Waals surface area contributed by atoms with Gasteiger partial charge in [-0.3, -0.25) is 4.79 Å². The van der Waals surface area contributed by atoms with Gasteiger partial charge in [0.2, 0.25) is 6.79 Å². The maximum atomic E-state index is 12.1. The van der Waals surface area contributed by atoms with Crippen LogP contribution in [0.15, 0.2) is 18.2 Å².